The van der Waals surface area contributed by atoms with Gasteiger partial charge in [0.2, 0.25) is 0 Å². The Labute approximate surface area is 111 Å². The lowest BCUT2D eigenvalue weighted by molar-refractivity contribution is 0.0993. The van der Waals surface area contributed by atoms with E-state index in [4.69, 9.17) is 9.47 Å². The van der Waals surface area contributed by atoms with Crippen LogP contribution in [0.25, 0.3) is 10.9 Å². The van der Waals surface area contributed by atoms with Crippen LogP contribution in [0.15, 0.2) is 18.3 Å². The van der Waals surface area contributed by atoms with Crippen molar-refractivity contribution >= 4 is 16.7 Å². The Morgan fingerprint density at radius 2 is 1.95 bits per heavy atom. The first-order chi connectivity index (χ1) is 9.22. The molecule has 102 valence electrons. The van der Waals surface area contributed by atoms with Crippen molar-refractivity contribution in [1.82, 2.24) is 10.3 Å². The van der Waals surface area contributed by atoms with Crippen LogP contribution in [-0.4, -0.2) is 38.1 Å². The molecule has 0 bridgehead atoms. The van der Waals surface area contributed by atoms with Crippen molar-refractivity contribution in [3.05, 3.63) is 23.9 Å². The predicted molar refractivity (Wildman–Crippen MR) is 74.3 cm³/mol. The predicted octanol–water partition coefficient (Wildman–Crippen LogP) is 1.98. The first kappa shape index (κ1) is 13.4. The van der Waals surface area contributed by atoms with Gasteiger partial charge in [-0.15, -0.1) is 0 Å². The molecule has 0 spiro atoms. The van der Waals surface area contributed by atoms with E-state index < -0.39 is 0 Å². The van der Waals surface area contributed by atoms with E-state index in [0.29, 0.717) is 23.6 Å². The molecule has 0 aliphatic heterocycles. The number of carbonyl (C=O) groups excluding carboxylic acids is 1. The molecule has 0 atom stereocenters. The van der Waals surface area contributed by atoms with Gasteiger partial charge in [-0.25, -0.2) is 0 Å². The molecule has 2 rings (SSSR count). The van der Waals surface area contributed by atoms with E-state index >= 15 is 0 Å². The van der Waals surface area contributed by atoms with Gasteiger partial charge in [-0.05, 0) is 18.7 Å². The van der Waals surface area contributed by atoms with Crippen LogP contribution in [0.1, 0.15) is 17.3 Å². The zero-order chi connectivity index (χ0) is 13.8. The number of aromatic nitrogens is 1. The fraction of sp³-hybridized carbons (Fsp3) is 0.357. The smallest absolute Gasteiger partial charge is 0.178 e. The molecule has 5 heteroatoms. The molecule has 0 fully saturated rings. The molecule has 0 saturated carbocycles. The number of likely N-dealkylation sites (N-methyl/N-ethyl adjacent to an activating group) is 1. The highest BCUT2D eigenvalue weighted by Gasteiger charge is 2.17. The SMILES string of the molecule is CCNCC(=O)c1c[nH]c2c(OC)ccc(OC)c12. The Kier molecular flexibility index (Phi) is 4.06. The maximum absolute atomic E-state index is 12.2. The number of benzene rings is 1. The van der Waals surface area contributed by atoms with Crippen molar-refractivity contribution in [3.8, 4) is 11.5 Å². The van der Waals surface area contributed by atoms with Crippen LogP contribution in [0.5, 0.6) is 11.5 Å². The van der Waals surface area contributed by atoms with Crippen LogP contribution in [-0.2, 0) is 0 Å². The summed E-state index contributed by atoms with van der Waals surface area (Å²) in [4.78, 5) is 15.3. The highest BCUT2D eigenvalue weighted by Crippen LogP contribution is 2.35. The van der Waals surface area contributed by atoms with Gasteiger partial charge < -0.3 is 19.8 Å². The largest absolute Gasteiger partial charge is 0.496 e. The van der Waals surface area contributed by atoms with E-state index in [1.54, 1.807) is 26.5 Å². The first-order valence-corrected chi connectivity index (χ1v) is 6.18. The van der Waals surface area contributed by atoms with Crippen molar-refractivity contribution in [2.75, 3.05) is 27.3 Å². The summed E-state index contributed by atoms with van der Waals surface area (Å²) in [6, 6.07) is 3.62. The average molecular weight is 262 g/mol. The number of methoxy groups -OCH3 is 2. The van der Waals surface area contributed by atoms with Gasteiger partial charge in [0.15, 0.2) is 5.78 Å². The molecular weight excluding hydrogens is 244 g/mol. The van der Waals surface area contributed by atoms with Crippen molar-refractivity contribution < 1.29 is 14.3 Å². The Morgan fingerprint density at radius 3 is 2.58 bits per heavy atom. The number of aromatic amines is 1. The summed E-state index contributed by atoms with van der Waals surface area (Å²) in [7, 11) is 3.19. The molecular formula is C14H18N2O3. The number of rotatable bonds is 6. The quantitative estimate of drug-likeness (QED) is 0.781. The van der Waals surface area contributed by atoms with Gasteiger partial charge in [0.05, 0.1) is 31.7 Å². The number of nitrogens with one attached hydrogen (secondary N) is 2. The Hall–Kier alpha value is -2.01. The molecule has 1 aromatic heterocycles. The average Bonchev–Trinajstić information content (AvgIpc) is 2.88. The fourth-order valence-corrected chi connectivity index (χ4v) is 2.09. The summed E-state index contributed by atoms with van der Waals surface area (Å²) in [5.74, 6) is 1.38. The van der Waals surface area contributed by atoms with Crippen LogP contribution in [0, 0.1) is 0 Å². The molecule has 0 amide bonds. The molecule has 0 unspecified atom stereocenters. The van der Waals surface area contributed by atoms with E-state index in [-0.39, 0.29) is 5.78 Å². The zero-order valence-electron chi connectivity index (χ0n) is 11.4. The minimum absolute atomic E-state index is 0.0275. The van der Waals surface area contributed by atoms with Gasteiger partial charge in [0, 0.05) is 11.8 Å². The number of ketones is 1. The molecule has 0 aliphatic carbocycles. The molecule has 2 aromatic rings. The van der Waals surface area contributed by atoms with E-state index in [9.17, 15) is 4.79 Å². The van der Waals surface area contributed by atoms with Gasteiger partial charge in [-0.1, -0.05) is 6.92 Å². The second kappa shape index (κ2) is 5.75. The lowest BCUT2D eigenvalue weighted by atomic mass is 10.1. The molecule has 0 aliphatic rings. The number of hydrogen-bond donors (Lipinski definition) is 2. The van der Waals surface area contributed by atoms with E-state index in [0.717, 1.165) is 17.4 Å². The minimum atomic E-state index is 0.0275. The Bertz CT molecular complexity index is 590. The standard InChI is InChI=1S/C14H18N2O3/c1-4-15-8-10(17)9-7-16-14-12(19-3)6-5-11(18-2)13(9)14/h5-7,15-16H,4,8H2,1-3H3. The zero-order valence-corrected chi connectivity index (χ0v) is 11.4. The third-order valence-electron chi connectivity index (χ3n) is 3.03. The van der Waals surface area contributed by atoms with Crippen molar-refractivity contribution in [3.63, 3.8) is 0 Å². The van der Waals surface area contributed by atoms with Crippen molar-refractivity contribution in [1.29, 1.82) is 0 Å². The lowest BCUT2D eigenvalue weighted by Crippen LogP contribution is -2.22. The topological polar surface area (TPSA) is 63.4 Å². The van der Waals surface area contributed by atoms with Crippen molar-refractivity contribution in [2.24, 2.45) is 0 Å². The number of hydrogen-bond acceptors (Lipinski definition) is 4. The van der Waals surface area contributed by atoms with Crippen LogP contribution in [0.3, 0.4) is 0 Å². The lowest BCUT2D eigenvalue weighted by Gasteiger charge is -2.07. The highest BCUT2D eigenvalue weighted by molar-refractivity contribution is 6.12. The van der Waals surface area contributed by atoms with Crippen LogP contribution >= 0.6 is 0 Å². The number of carbonyl (C=O) groups is 1. The summed E-state index contributed by atoms with van der Waals surface area (Å²) in [6.07, 6.45) is 1.70. The Morgan fingerprint density at radius 1 is 1.26 bits per heavy atom. The molecule has 19 heavy (non-hydrogen) atoms. The molecule has 5 nitrogen and oxygen atoms in total. The number of H-pyrrole nitrogens is 1. The monoisotopic (exact) mass is 262 g/mol. The van der Waals surface area contributed by atoms with E-state index in [2.05, 4.69) is 10.3 Å². The number of fused-ring (bicyclic) bond motifs is 1. The third-order valence-corrected chi connectivity index (χ3v) is 3.03. The van der Waals surface area contributed by atoms with Crippen LogP contribution in [0.4, 0.5) is 0 Å². The molecule has 2 N–H and O–H groups in total. The fourth-order valence-electron chi connectivity index (χ4n) is 2.09. The second-order valence-electron chi connectivity index (χ2n) is 4.13. The molecule has 0 radical (unpaired) electrons. The first-order valence-electron chi connectivity index (χ1n) is 6.18. The minimum Gasteiger partial charge on any atom is -0.496 e. The maximum Gasteiger partial charge on any atom is 0.178 e. The highest BCUT2D eigenvalue weighted by atomic mass is 16.5. The van der Waals surface area contributed by atoms with Crippen LogP contribution in [0.2, 0.25) is 0 Å². The van der Waals surface area contributed by atoms with Gasteiger partial charge in [0.25, 0.3) is 0 Å². The molecule has 1 heterocycles. The second-order valence-corrected chi connectivity index (χ2v) is 4.13. The molecule has 0 saturated heterocycles. The van der Waals surface area contributed by atoms with Crippen LogP contribution < -0.4 is 14.8 Å². The summed E-state index contributed by atoms with van der Waals surface area (Å²) < 4.78 is 10.6. The van der Waals surface area contributed by atoms with Gasteiger partial charge in [-0.3, -0.25) is 4.79 Å². The summed E-state index contributed by atoms with van der Waals surface area (Å²) in [5, 5.41) is 3.80. The molecule has 1 aromatic carbocycles. The summed E-state index contributed by atoms with van der Waals surface area (Å²) in [5.41, 5.74) is 1.40. The van der Waals surface area contributed by atoms with Gasteiger partial charge >= 0.3 is 0 Å². The summed E-state index contributed by atoms with van der Waals surface area (Å²) >= 11 is 0. The third kappa shape index (κ3) is 2.42. The van der Waals surface area contributed by atoms with Gasteiger partial charge in [-0.2, -0.15) is 0 Å². The normalized spacial score (nSPS) is 10.7. The van der Waals surface area contributed by atoms with E-state index in [1.807, 2.05) is 13.0 Å². The van der Waals surface area contributed by atoms with Gasteiger partial charge in [0.1, 0.15) is 11.5 Å². The summed E-state index contributed by atoms with van der Waals surface area (Å²) in [6.45, 7) is 3.03. The Balaban J connectivity index is 2.53. The maximum atomic E-state index is 12.2. The number of Topliss-reactive ketones (excluding diaryl/α,β-unsaturated/α-hetero) is 1. The van der Waals surface area contributed by atoms with Crippen molar-refractivity contribution in [2.45, 2.75) is 6.92 Å². The number of ether oxygens (including phenoxy) is 2. The van der Waals surface area contributed by atoms with E-state index in [1.165, 1.54) is 0 Å².